The van der Waals surface area contributed by atoms with Gasteiger partial charge in [0, 0.05) is 10.9 Å². The Bertz CT molecular complexity index is 512. The quantitative estimate of drug-likeness (QED) is 0.883. The Kier molecular flexibility index (Phi) is 2.09. The smallest absolute Gasteiger partial charge is 0.107 e. The predicted molar refractivity (Wildman–Crippen MR) is 65.0 cm³/mol. The number of hydrogen-bond acceptors (Lipinski definition) is 1. The Hall–Kier alpha value is -0.830. The molecule has 1 aromatic carbocycles. The van der Waals surface area contributed by atoms with Crippen LogP contribution in [0.1, 0.15) is 24.2 Å². The van der Waals surface area contributed by atoms with E-state index in [-0.39, 0.29) is 0 Å². The molecule has 1 aromatic heterocycles. The first-order chi connectivity index (χ1) is 7.22. The van der Waals surface area contributed by atoms with E-state index in [9.17, 15) is 0 Å². The zero-order chi connectivity index (χ0) is 10.4. The Balaban J connectivity index is 2.07. The first-order valence-electron chi connectivity index (χ1n) is 5.37. The molecule has 0 saturated heterocycles. The van der Waals surface area contributed by atoms with E-state index in [0.29, 0.717) is 0 Å². The van der Waals surface area contributed by atoms with Gasteiger partial charge in [0.2, 0.25) is 0 Å². The maximum Gasteiger partial charge on any atom is 0.107 e. The van der Waals surface area contributed by atoms with E-state index in [4.69, 9.17) is 0 Å². The average Bonchev–Trinajstić information content (AvgIpc) is 2.85. The summed E-state index contributed by atoms with van der Waals surface area (Å²) in [7, 11) is 0. The molecule has 1 saturated carbocycles. The summed E-state index contributed by atoms with van der Waals surface area (Å²) in [6.45, 7) is 2.11. The number of aryl methyl sites for hydroxylation is 1. The van der Waals surface area contributed by atoms with Crippen molar-refractivity contribution in [1.82, 2.24) is 9.97 Å². The van der Waals surface area contributed by atoms with Crippen molar-refractivity contribution >= 4 is 27.0 Å². The highest BCUT2D eigenvalue weighted by atomic mass is 79.9. The summed E-state index contributed by atoms with van der Waals surface area (Å²) >= 11 is 3.51. The molecule has 1 fully saturated rings. The number of aromatic nitrogens is 2. The summed E-state index contributed by atoms with van der Waals surface area (Å²) < 4.78 is 1.12. The van der Waals surface area contributed by atoms with Gasteiger partial charge < -0.3 is 4.98 Å². The van der Waals surface area contributed by atoms with Crippen molar-refractivity contribution in [2.75, 3.05) is 0 Å². The van der Waals surface area contributed by atoms with Crippen molar-refractivity contribution in [2.45, 2.75) is 26.2 Å². The molecule has 0 amide bonds. The second kappa shape index (κ2) is 3.34. The fraction of sp³-hybridized carbons (Fsp3) is 0.417. The van der Waals surface area contributed by atoms with Gasteiger partial charge in [-0.05, 0) is 43.4 Å². The maximum absolute atomic E-state index is 4.66. The van der Waals surface area contributed by atoms with Crippen LogP contribution in [0.3, 0.4) is 0 Å². The van der Waals surface area contributed by atoms with Gasteiger partial charge in [0.05, 0.1) is 11.0 Å². The number of fused-ring (bicyclic) bond motifs is 1. The molecule has 15 heavy (non-hydrogen) atoms. The monoisotopic (exact) mass is 264 g/mol. The minimum Gasteiger partial charge on any atom is -0.342 e. The number of aromatic amines is 1. The van der Waals surface area contributed by atoms with E-state index in [0.717, 1.165) is 33.7 Å². The van der Waals surface area contributed by atoms with E-state index in [2.05, 4.69) is 45.0 Å². The van der Waals surface area contributed by atoms with Crippen molar-refractivity contribution in [1.29, 1.82) is 0 Å². The van der Waals surface area contributed by atoms with Gasteiger partial charge in [0.1, 0.15) is 5.82 Å². The molecule has 0 unspecified atom stereocenters. The van der Waals surface area contributed by atoms with Gasteiger partial charge in [0.15, 0.2) is 0 Å². The minimum atomic E-state index is 0.884. The van der Waals surface area contributed by atoms with Crippen LogP contribution in [0.4, 0.5) is 0 Å². The zero-order valence-electron chi connectivity index (χ0n) is 8.68. The topological polar surface area (TPSA) is 28.7 Å². The van der Waals surface area contributed by atoms with Crippen molar-refractivity contribution in [2.24, 2.45) is 5.92 Å². The number of hydrogen-bond donors (Lipinski definition) is 1. The summed E-state index contributed by atoms with van der Waals surface area (Å²) in [6.07, 6.45) is 3.87. The lowest BCUT2D eigenvalue weighted by molar-refractivity contribution is 0.787. The Morgan fingerprint density at radius 2 is 2.27 bits per heavy atom. The lowest BCUT2D eigenvalue weighted by atomic mass is 10.2. The number of halogens is 1. The molecule has 78 valence electrons. The van der Waals surface area contributed by atoms with Gasteiger partial charge in [-0.1, -0.05) is 15.9 Å². The highest BCUT2D eigenvalue weighted by Crippen LogP contribution is 2.32. The Labute approximate surface area is 97.2 Å². The molecule has 0 atom stereocenters. The molecule has 2 aromatic rings. The van der Waals surface area contributed by atoms with Crippen LogP contribution in [-0.2, 0) is 6.42 Å². The third-order valence-corrected chi connectivity index (χ3v) is 3.43. The number of nitrogens with zero attached hydrogens (tertiary/aromatic N) is 1. The number of nitrogens with one attached hydrogen (secondary N) is 1. The van der Waals surface area contributed by atoms with Crippen LogP contribution in [0.5, 0.6) is 0 Å². The maximum atomic E-state index is 4.66. The summed E-state index contributed by atoms with van der Waals surface area (Å²) in [4.78, 5) is 8.06. The normalized spacial score (nSPS) is 16.1. The highest BCUT2D eigenvalue weighted by molar-refractivity contribution is 9.10. The molecule has 1 N–H and O–H groups in total. The van der Waals surface area contributed by atoms with Crippen molar-refractivity contribution in [3.05, 3.63) is 28.0 Å². The van der Waals surface area contributed by atoms with Crippen LogP contribution in [-0.4, -0.2) is 9.97 Å². The van der Waals surface area contributed by atoms with E-state index >= 15 is 0 Å². The van der Waals surface area contributed by atoms with Crippen molar-refractivity contribution in [3.63, 3.8) is 0 Å². The molecular formula is C12H13BrN2. The lowest BCUT2D eigenvalue weighted by Crippen LogP contribution is -1.88. The number of benzene rings is 1. The Morgan fingerprint density at radius 1 is 1.47 bits per heavy atom. The van der Waals surface area contributed by atoms with E-state index in [1.165, 1.54) is 18.4 Å². The Morgan fingerprint density at radius 3 is 3.00 bits per heavy atom. The molecule has 0 spiro atoms. The first kappa shape index (κ1) is 9.40. The fourth-order valence-electron chi connectivity index (χ4n) is 1.99. The molecule has 2 nitrogen and oxygen atoms in total. The highest BCUT2D eigenvalue weighted by Gasteiger charge is 2.23. The molecule has 0 radical (unpaired) electrons. The largest absolute Gasteiger partial charge is 0.342 e. The second-order valence-corrected chi connectivity index (χ2v) is 5.37. The number of H-pyrrole nitrogens is 1. The molecular weight excluding hydrogens is 252 g/mol. The molecule has 1 aliphatic rings. The first-order valence-corrected chi connectivity index (χ1v) is 6.16. The summed E-state index contributed by atoms with van der Waals surface area (Å²) in [5.41, 5.74) is 3.50. The van der Waals surface area contributed by atoms with Crippen LogP contribution < -0.4 is 0 Å². The molecule has 3 heteroatoms. The number of rotatable bonds is 2. The van der Waals surface area contributed by atoms with Crippen LogP contribution >= 0.6 is 15.9 Å². The van der Waals surface area contributed by atoms with E-state index < -0.39 is 0 Å². The average molecular weight is 265 g/mol. The van der Waals surface area contributed by atoms with Crippen molar-refractivity contribution in [3.8, 4) is 0 Å². The van der Waals surface area contributed by atoms with Gasteiger partial charge in [-0.25, -0.2) is 4.98 Å². The fourth-order valence-corrected chi connectivity index (χ4v) is 2.56. The van der Waals surface area contributed by atoms with E-state index in [1.807, 2.05) is 0 Å². The van der Waals surface area contributed by atoms with Gasteiger partial charge in [-0.2, -0.15) is 0 Å². The second-order valence-electron chi connectivity index (χ2n) is 4.45. The van der Waals surface area contributed by atoms with Crippen LogP contribution in [0.15, 0.2) is 16.6 Å². The standard InChI is InChI=1S/C12H13BrN2/c1-7-4-9(13)6-10-12(7)15-11(14-10)5-8-2-3-8/h4,6,8H,2-3,5H2,1H3,(H,14,15). The van der Waals surface area contributed by atoms with Crippen molar-refractivity contribution < 1.29 is 0 Å². The summed E-state index contributed by atoms with van der Waals surface area (Å²) in [6, 6.07) is 4.22. The predicted octanol–water partition coefficient (Wildman–Crippen LogP) is 3.59. The molecule has 0 bridgehead atoms. The zero-order valence-corrected chi connectivity index (χ0v) is 10.3. The van der Waals surface area contributed by atoms with Gasteiger partial charge in [0.25, 0.3) is 0 Å². The van der Waals surface area contributed by atoms with E-state index in [1.54, 1.807) is 0 Å². The molecule has 0 aliphatic heterocycles. The SMILES string of the molecule is Cc1cc(Br)cc2[nH]c(CC3CC3)nc12. The van der Waals surface area contributed by atoms with Crippen LogP contribution in [0, 0.1) is 12.8 Å². The van der Waals surface area contributed by atoms with Gasteiger partial charge in [-0.3, -0.25) is 0 Å². The third-order valence-electron chi connectivity index (χ3n) is 2.97. The van der Waals surface area contributed by atoms with Gasteiger partial charge >= 0.3 is 0 Å². The van der Waals surface area contributed by atoms with Crippen LogP contribution in [0.2, 0.25) is 0 Å². The number of imidazole rings is 1. The van der Waals surface area contributed by atoms with Gasteiger partial charge in [-0.15, -0.1) is 0 Å². The molecule has 1 aliphatic carbocycles. The molecule has 3 rings (SSSR count). The minimum absolute atomic E-state index is 0.884. The van der Waals surface area contributed by atoms with Crippen LogP contribution in [0.25, 0.3) is 11.0 Å². The summed E-state index contributed by atoms with van der Waals surface area (Å²) in [5.74, 6) is 2.03. The molecule has 1 heterocycles. The summed E-state index contributed by atoms with van der Waals surface area (Å²) in [5, 5.41) is 0. The lowest BCUT2D eigenvalue weighted by Gasteiger charge is -1.94. The third kappa shape index (κ3) is 1.81.